The predicted octanol–water partition coefficient (Wildman–Crippen LogP) is 5.43. The van der Waals surface area contributed by atoms with Gasteiger partial charge in [0.15, 0.2) is 0 Å². The summed E-state index contributed by atoms with van der Waals surface area (Å²) >= 11 is 0. The van der Waals surface area contributed by atoms with Gasteiger partial charge in [-0.05, 0) is 59.9 Å². The Morgan fingerprint density at radius 2 is 1.69 bits per heavy atom. The third-order valence-corrected chi connectivity index (χ3v) is 9.99. The number of hydrogen-bond acceptors (Lipinski definition) is 8. The number of carbonyl (C=O) groups is 1. The van der Waals surface area contributed by atoms with Crippen LogP contribution in [0.15, 0.2) is 103 Å². The van der Waals surface area contributed by atoms with Crippen molar-refractivity contribution in [2.75, 3.05) is 36.0 Å². The minimum atomic E-state index is -3.10. The number of methoxy groups -OCH3 is 1. The van der Waals surface area contributed by atoms with Crippen LogP contribution in [0.2, 0.25) is 0 Å². The molecule has 5 rings (SSSR count). The van der Waals surface area contributed by atoms with Gasteiger partial charge in [0.05, 0.1) is 30.7 Å². The van der Waals surface area contributed by atoms with Gasteiger partial charge in [0, 0.05) is 36.8 Å². The van der Waals surface area contributed by atoms with E-state index in [-0.39, 0.29) is 23.8 Å². The Labute approximate surface area is 266 Å². The second-order valence-electron chi connectivity index (χ2n) is 11.4. The zero-order valence-corrected chi connectivity index (χ0v) is 26.2. The summed E-state index contributed by atoms with van der Waals surface area (Å²) in [5, 5.41) is 17.6. The topological polar surface area (TPSA) is 140 Å². The number of rotatable bonds is 12. The van der Waals surface area contributed by atoms with E-state index in [1.807, 2.05) is 84.9 Å². The van der Waals surface area contributed by atoms with E-state index in [4.69, 9.17) is 10.5 Å². The van der Waals surface area contributed by atoms with Crippen LogP contribution in [0.5, 0.6) is 5.75 Å². The van der Waals surface area contributed by atoms with Gasteiger partial charge in [0.2, 0.25) is 0 Å². The molecule has 0 aliphatic carbocycles. The van der Waals surface area contributed by atoms with Gasteiger partial charge in [-0.25, -0.2) is 0 Å². The minimum absolute atomic E-state index is 0.0969. The zero-order chi connectivity index (χ0) is 31.8. The molecule has 238 valence electrons. The van der Waals surface area contributed by atoms with E-state index in [1.54, 1.807) is 29.6 Å². The standard InChI is InChI=1S/C35H42N4O5S/c1-44-32-14-8-11-26(17-32)22-37-23-34(40)33(18-25-9-4-2-5-10-25)38-35(41)29-19-30(36)21-31(20-29)39-24-28(15-16-45(39,42)43)27-12-6-3-7-13-27/h2-14,17,19-21,28,33-34,37,40,42-43H,15-16,18,22-24,36H2,1H3,(H,38,41). The second-order valence-corrected chi connectivity index (χ2v) is 13.5. The number of benzene rings is 4. The number of nitrogens with two attached hydrogens (primary N) is 1. The molecular weight excluding hydrogens is 588 g/mol. The Balaban J connectivity index is 1.32. The quantitative estimate of drug-likeness (QED) is 0.114. The molecule has 4 aromatic carbocycles. The maximum Gasteiger partial charge on any atom is 0.251 e. The van der Waals surface area contributed by atoms with Crippen molar-refractivity contribution < 1.29 is 23.7 Å². The third-order valence-electron chi connectivity index (χ3n) is 8.14. The molecule has 4 aromatic rings. The number of aliphatic hydroxyl groups is 1. The number of aliphatic hydroxyl groups excluding tert-OH is 1. The molecule has 9 nitrogen and oxygen atoms in total. The van der Waals surface area contributed by atoms with Crippen LogP contribution in [0.3, 0.4) is 0 Å². The number of nitrogens with one attached hydrogen (secondary N) is 2. The Bertz CT molecular complexity index is 1560. The van der Waals surface area contributed by atoms with Crippen LogP contribution in [0.25, 0.3) is 0 Å². The van der Waals surface area contributed by atoms with Gasteiger partial charge < -0.3 is 26.2 Å². The summed E-state index contributed by atoms with van der Waals surface area (Å²) in [6.07, 6.45) is 0.152. The van der Waals surface area contributed by atoms with Crippen LogP contribution in [-0.2, 0) is 13.0 Å². The fraction of sp³-hybridized carbons (Fsp3) is 0.286. The summed E-state index contributed by atoms with van der Waals surface area (Å²) in [7, 11) is -1.48. The molecule has 0 aromatic heterocycles. The van der Waals surface area contributed by atoms with Crippen molar-refractivity contribution in [1.29, 1.82) is 0 Å². The van der Waals surface area contributed by atoms with E-state index in [9.17, 15) is 19.0 Å². The highest BCUT2D eigenvalue weighted by Gasteiger charge is 2.33. The van der Waals surface area contributed by atoms with Crippen molar-refractivity contribution >= 4 is 28.1 Å². The molecule has 1 aliphatic heterocycles. The number of amides is 1. The summed E-state index contributed by atoms with van der Waals surface area (Å²) in [6.45, 7) is 1.14. The van der Waals surface area contributed by atoms with Crippen LogP contribution in [-0.4, -0.2) is 58.2 Å². The lowest BCUT2D eigenvalue weighted by molar-refractivity contribution is 0.0830. The summed E-state index contributed by atoms with van der Waals surface area (Å²) < 4.78 is 28.9. The number of ether oxygens (including phenoxy) is 1. The average Bonchev–Trinajstić information content (AvgIpc) is 3.05. The molecule has 1 fully saturated rings. The van der Waals surface area contributed by atoms with Crippen LogP contribution < -0.4 is 25.4 Å². The Kier molecular flexibility index (Phi) is 10.6. The fourth-order valence-corrected chi connectivity index (χ4v) is 7.38. The molecule has 0 saturated carbocycles. The molecular formula is C35H42N4O5S. The van der Waals surface area contributed by atoms with Crippen LogP contribution >= 0.6 is 10.8 Å². The van der Waals surface area contributed by atoms with E-state index in [0.717, 1.165) is 22.4 Å². The van der Waals surface area contributed by atoms with Crippen molar-refractivity contribution in [3.05, 3.63) is 125 Å². The minimum Gasteiger partial charge on any atom is -0.497 e. The molecule has 7 N–H and O–H groups in total. The molecule has 1 amide bonds. The van der Waals surface area contributed by atoms with Crippen molar-refractivity contribution in [3.63, 3.8) is 0 Å². The molecule has 1 aliphatic rings. The Morgan fingerprint density at radius 1 is 0.978 bits per heavy atom. The van der Waals surface area contributed by atoms with Gasteiger partial charge in [-0.1, -0.05) is 72.8 Å². The predicted molar refractivity (Wildman–Crippen MR) is 182 cm³/mol. The number of nitrogens with zero attached hydrogens (tertiary/aromatic N) is 1. The highest BCUT2D eigenvalue weighted by Crippen LogP contribution is 2.52. The number of hydrogen-bond donors (Lipinski definition) is 6. The lowest BCUT2D eigenvalue weighted by Crippen LogP contribution is -2.48. The maximum atomic E-state index is 13.7. The summed E-state index contributed by atoms with van der Waals surface area (Å²) in [5.74, 6) is 0.660. The lowest BCUT2D eigenvalue weighted by Gasteiger charge is -2.50. The zero-order valence-electron chi connectivity index (χ0n) is 25.4. The SMILES string of the molecule is COc1cccc(CNCC(O)C(Cc2ccccc2)NC(=O)c2cc(N)cc(N3CC(c4ccccc4)CCS3(O)O)c2)c1. The first-order chi connectivity index (χ1) is 21.7. The van der Waals surface area contributed by atoms with Gasteiger partial charge in [0.25, 0.3) is 5.91 Å². The number of anilines is 2. The first kappa shape index (κ1) is 32.3. The normalized spacial score (nSPS) is 18.0. The van der Waals surface area contributed by atoms with E-state index in [0.29, 0.717) is 37.3 Å². The first-order valence-corrected chi connectivity index (χ1v) is 16.7. The van der Waals surface area contributed by atoms with Crippen molar-refractivity contribution in [1.82, 2.24) is 10.6 Å². The highest BCUT2D eigenvalue weighted by atomic mass is 32.3. The van der Waals surface area contributed by atoms with Crippen molar-refractivity contribution in [3.8, 4) is 5.75 Å². The van der Waals surface area contributed by atoms with E-state index >= 15 is 0 Å². The molecule has 1 heterocycles. The summed E-state index contributed by atoms with van der Waals surface area (Å²) in [6, 6.07) is 31.6. The van der Waals surface area contributed by atoms with Gasteiger partial charge in [-0.3, -0.25) is 18.2 Å². The summed E-state index contributed by atoms with van der Waals surface area (Å²) in [5.41, 5.74) is 10.4. The van der Waals surface area contributed by atoms with Gasteiger partial charge in [0.1, 0.15) is 5.75 Å². The highest BCUT2D eigenvalue weighted by molar-refractivity contribution is 8.25. The average molecular weight is 631 g/mol. The lowest BCUT2D eigenvalue weighted by atomic mass is 9.96. The fourth-order valence-electron chi connectivity index (χ4n) is 5.69. The van der Waals surface area contributed by atoms with Crippen molar-refractivity contribution in [2.45, 2.75) is 37.5 Å². The van der Waals surface area contributed by atoms with Gasteiger partial charge >= 0.3 is 0 Å². The molecule has 0 spiro atoms. The maximum absolute atomic E-state index is 13.7. The van der Waals surface area contributed by atoms with E-state index in [2.05, 4.69) is 10.6 Å². The number of carbonyl (C=O) groups excluding carboxylic acids is 1. The van der Waals surface area contributed by atoms with Crippen LogP contribution in [0.4, 0.5) is 11.4 Å². The molecule has 0 radical (unpaired) electrons. The Hall–Kier alpha value is -4.06. The third kappa shape index (κ3) is 8.56. The van der Waals surface area contributed by atoms with Crippen molar-refractivity contribution in [2.24, 2.45) is 0 Å². The molecule has 0 bridgehead atoms. The van der Waals surface area contributed by atoms with E-state index in [1.165, 1.54) is 0 Å². The smallest absolute Gasteiger partial charge is 0.251 e. The summed E-state index contributed by atoms with van der Waals surface area (Å²) in [4.78, 5) is 13.7. The van der Waals surface area contributed by atoms with Gasteiger partial charge in [-0.15, -0.1) is 10.8 Å². The Morgan fingerprint density at radius 3 is 2.42 bits per heavy atom. The molecule has 3 atom stereocenters. The van der Waals surface area contributed by atoms with Crippen LogP contribution in [0.1, 0.15) is 39.4 Å². The molecule has 3 unspecified atom stereocenters. The first-order valence-electron chi connectivity index (χ1n) is 15.1. The number of nitrogen functional groups attached to an aromatic ring is 1. The largest absolute Gasteiger partial charge is 0.497 e. The molecule has 1 saturated heterocycles. The molecule has 45 heavy (non-hydrogen) atoms. The monoisotopic (exact) mass is 630 g/mol. The van der Waals surface area contributed by atoms with Gasteiger partial charge in [-0.2, -0.15) is 0 Å². The van der Waals surface area contributed by atoms with E-state index < -0.39 is 28.8 Å². The van der Waals surface area contributed by atoms with Crippen LogP contribution in [0, 0.1) is 0 Å². The second kappa shape index (κ2) is 14.8. The molecule has 10 heteroatoms.